The molecule has 1 fully saturated rings. The molecule has 94 valence electrons. The van der Waals surface area contributed by atoms with E-state index in [4.69, 9.17) is 10.5 Å². The molecule has 1 saturated heterocycles. The summed E-state index contributed by atoms with van der Waals surface area (Å²) in [6.45, 7) is 3.78. The van der Waals surface area contributed by atoms with Crippen LogP contribution in [0.5, 0.6) is 5.88 Å². The fourth-order valence-corrected chi connectivity index (χ4v) is 2.17. The van der Waals surface area contributed by atoms with Gasteiger partial charge in [0.05, 0.1) is 11.4 Å². The minimum Gasteiger partial charge on any atom is -0.476 e. The van der Waals surface area contributed by atoms with Crippen LogP contribution >= 0.6 is 0 Å². The second-order valence-corrected chi connectivity index (χ2v) is 4.77. The lowest BCUT2D eigenvalue weighted by Gasteiger charge is -2.31. The summed E-state index contributed by atoms with van der Waals surface area (Å²) < 4.78 is 5.74. The Morgan fingerprint density at radius 3 is 3.00 bits per heavy atom. The molecule has 1 aromatic heterocycles. The van der Waals surface area contributed by atoms with E-state index in [0.717, 1.165) is 5.69 Å². The molecule has 1 aliphatic heterocycles. The van der Waals surface area contributed by atoms with Crippen molar-refractivity contribution in [2.45, 2.75) is 32.2 Å². The first-order chi connectivity index (χ1) is 8.16. The molecule has 1 aromatic rings. The van der Waals surface area contributed by atoms with Crippen LogP contribution in [0.4, 0.5) is 5.69 Å². The highest BCUT2D eigenvalue weighted by molar-refractivity contribution is 5.43. The second kappa shape index (κ2) is 5.36. The van der Waals surface area contributed by atoms with Crippen molar-refractivity contribution in [3.05, 3.63) is 17.8 Å². The van der Waals surface area contributed by atoms with E-state index in [1.807, 2.05) is 19.1 Å². The second-order valence-electron chi connectivity index (χ2n) is 4.77. The van der Waals surface area contributed by atoms with E-state index >= 15 is 0 Å². The normalized spacial score (nSPS) is 21.4. The number of piperidine rings is 1. The molecule has 1 aliphatic rings. The molecule has 4 nitrogen and oxygen atoms in total. The van der Waals surface area contributed by atoms with Crippen LogP contribution in [-0.4, -0.2) is 36.1 Å². The van der Waals surface area contributed by atoms with Gasteiger partial charge in [-0.3, -0.25) is 0 Å². The number of hydrogen-bond donors (Lipinski definition) is 1. The Morgan fingerprint density at radius 1 is 1.47 bits per heavy atom. The van der Waals surface area contributed by atoms with Gasteiger partial charge in [0.1, 0.15) is 6.61 Å². The van der Waals surface area contributed by atoms with E-state index in [0.29, 0.717) is 24.2 Å². The lowest BCUT2D eigenvalue weighted by Crippen LogP contribution is -2.40. The van der Waals surface area contributed by atoms with Gasteiger partial charge in [-0.1, -0.05) is 6.42 Å². The van der Waals surface area contributed by atoms with Crippen molar-refractivity contribution >= 4 is 5.69 Å². The Balaban J connectivity index is 1.90. The molecule has 0 radical (unpaired) electrons. The van der Waals surface area contributed by atoms with Gasteiger partial charge < -0.3 is 15.4 Å². The zero-order chi connectivity index (χ0) is 12.3. The summed E-state index contributed by atoms with van der Waals surface area (Å²) in [6, 6.07) is 4.20. The number of aryl methyl sites for hydroxylation is 1. The average molecular weight is 235 g/mol. The minimum atomic E-state index is 0.517. The third-order valence-electron chi connectivity index (χ3n) is 3.45. The molecule has 0 bridgehead atoms. The smallest absolute Gasteiger partial charge is 0.213 e. The van der Waals surface area contributed by atoms with E-state index in [1.165, 1.54) is 25.8 Å². The fourth-order valence-electron chi connectivity index (χ4n) is 2.17. The van der Waals surface area contributed by atoms with Gasteiger partial charge in [-0.2, -0.15) is 0 Å². The van der Waals surface area contributed by atoms with Crippen LogP contribution < -0.4 is 10.5 Å². The van der Waals surface area contributed by atoms with Crippen molar-refractivity contribution < 1.29 is 4.74 Å². The number of likely N-dealkylation sites (N-methyl/N-ethyl adjacent to an activating group) is 1. The largest absolute Gasteiger partial charge is 0.476 e. The highest BCUT2D eigenvalue weighted by Gasteiger charge is 2.19. The number of aromatic nitrogens is 1. The molecule has 0 aromatic carbocycles. The molecule has 1 unspecified atom stereocenters. The molecular formula is C13H21N3O. The third kappa shape index (κ3) is 3.09. The van der Waals surface area contributed by atoms with E-state index in [-0.39, 0.29) is 0 Å². The number of pyridine rings is 1. The molecule has 0 aliphatic carbocycles. The van der Waals surface area contributed by atoms with Crippen LogP contribution in [0.25, 0.3) is 0 Å². The maximum atomic E-state index is 5.74. The predicted molar refractivity (Wildman–Crippen MR) is 69.2 cm³/mol. The molecule has 2 rings (SSSR count). The van der Waals surface area contributed by atoms with Gasteiger partial charge in [0, 0.05) is 12.1 Å². The van der Waals surface area contributed by atoms with Crippen molar-refractivity contribution in [2.24, 2.45) is 0 Å². The molecule has 0 saturated carbocycles. The SMILES string of the molecule is Cc1nc(OCC2CCCCN2C)ccc1N. The molecule has 0 amide bonds. The molecule has 1 atom stereocenters. The van der Waals surface area contributed by atoms with Crippen LogP contribution in [0, 0.1) is 6.92 Å². The van der Waals surface area contributed by atoms with E-state index in [9.17, 15) is 0 Å². The minimum absolute atomic E-state index is 0.517. The summed E-state index contributed by atoms with van der Waals surface area (Å²) in [5, 5.41) is 0. The predicted octanol–water partition coefficient (Wildman–Crippen LogP) is 1.84. The summed E-state index contributed by atoms with van der Waals surface area (Å²) in [5.41, 5.74) is 7.27. The van der Waals surface area contributed by atoms with Crippen molar-refractivity contribution in [3.63, 3.8) is 0 Å². The highest BCUT2D eigenvalue weighted by atomic mass is 16.5. The number of nitrogens with zero attached hydrogens (tertiary/aromatic N) is 2. The summed E-state index contributed by atoms with van der Waals surface area (Å²) in [7, 11) is 2.16. The van der Waals surface area contributed by atoms with Crippen LogP contribution in [0.15, 0.2) is 12.1 Å². The van der Waals surface area contributed by atoms with Crippen LogP contribution in [0.3, 0.4) is 0 Å². The number of rotatable bonds is 3. The van der Waals surface area contributed by atoms with Crippen LogP contribution in [0.1, 0.15) is 25.0 Å². The molecule has 17 heavy (non-hydrogen) atoms. The van der Waals surface area contributed by atoms with E-state index in [2.05, 4.69) is 16.9 Å². The van der Waals surface area contributed by atoms with Gasteiger partial charge in [0.25, 0.3) is 0 Å². The average Bonchev–Trinajstić information content (AvgIpc) is 2.32. The maximum Gasteiger partial charge on any atom is 0.213 e. The van der Waals surface area contributed by atoms with Gasteiger partial charge in [-0.25, -0.2) is 4.98 Å². The van der Waals surface area contributed by atoms with Crippen LogP contribution in [-0.2, 0) is 0 Å². The molecule has 0 spiro atoms. The molecule has 4 heteroatoms. The first-order valence-electron chi connectivity index (χ1n) is 6.23. The topological polar surface area (TPSA) is 51.4 Å². The van der Waals surface area contributed by atoms with E-state index < -0.39 is 0 Å². The van der Waals surface area contributed by atoms with Crippen molar-refractivity contribution in [3.8, 4) is 5.88 Å². The fraction of sp³-hybridized carbons (Fsp3) is 0.615. The summed E-state index contributed by atoms with van der Waals surface area (Å²) >= 11 is 0. The summed E-state index contributed by atoms with van der Waals surface area (Å²) in [4.78, 5) is 6.69. The van der Waals surface area contributed by atoms with Gasteiger partial charge in [0.2, 0.25) is 5.88 Å². The Kier molecular flexibility index (Phi) is 3.84. The zero-order valence-electron chi connectivity index (χ0n) is 10.6. The van der Waals surface area contributed by atoms with Crippen molar-refractivity contribution in [1.29, 1.82) is 0 Å². The first-order valence-corrected chi connectivity index (χ1v) is 6.23. The van der Waals surface area contributed by atoms with Gasteiger partial charge >= 0.3 is 0 Å². The number of nitrogens with two attached hydrogens (primary N) is 1. The molecule has 2 heterocycles. The maximum absolute atomic E-state index is 5.74. The Hall–Kier alpha value is -1.29. The zero-order valence-corrected chi connectivity index (χ0v) is 10.6. The molecule has 2 N–H and O–H groups in total. The monoisotopic (exact) mass is 235 g/mol. The van der Waals surface area contributed by atoms with Crippen molar-refractivity contribution in [2.75, 3.05) is 25.9 Å². The van der Waals surface area contributed by atoms with Crippen molar-refractivity contribution in [1.82, 2.24) is 9.88 Å². The quantitative estimate of drug-likeness (QED) is 0.868. The summed E-state index contributed by atoms with van der Waals surface area (Å²) in [5.74, 6) is 0.677. The molecular weight excluding hydrogens is 214 g/mol. The standard InChI is InChI=1S/C13H21N3O/c1-10-12(14)6-7-13(15-10)17-9-11-5-3-4-8-16(11)2/h6-7,11H,3-5,8-9,14H2,1-2H3. The Bertz CT molecular complexity index is 381. The lowest BCUT2D eigenvalue weighted by atomic mass is 10.0. The number of ether oxygens (including phenoxy) is 1. The summed E-state index contributed by atoms with van der Waals surface area (Å²) in [6.07, 6.45) is 3.81. The number of likely N-dealkylation sites (tertiary alicyclic amines) is 1. The number of nitrogen functional groups attached to an aromatic ring is 1. The number of hydrogen-bond acceptors (Lipinski definition) is 4. The van der Waals surface area contributed by atoms with Gasteiger partial charge in [0.15, 0.2) is 0 Å². The Morgan fingerprint density at radius 2 is 2.29 bits per heavy atom. The number of anilines is 1. The lowest BCUT2D eigenvalue weighted by molar-refractivity contribution is 0.122. The first kappa shape index (κ1) is 12.2. The van der Waals surface area contributed by atoms with Gasteiger partial charge in [-0.05, 0) is 39.4 Å². The van der Waals surface area contributed by atoms with Crippen LogP contribution in [0.2, 0.25) is 0 Å². The van der Waals surface area contributed by atoms with E-state index in [1.54, 1.807) is 0 Å². The third-order valence-corrected chi connectivity index (χ3v) is 3.45. The highest BCUT2D eigenvalue weighted by Crippen LogP contribution is 2.18. The Labute approximate surface area is 103 Å². The van der Waals surface area contributed by atoms with Gasteiger partial charge in [-0.15, -0.1) is 0 Å².